The van der Waals surface area contributed by atoms with Crippen molar-refractivity contribution in [2.75, 3.05) is 5.32 Å². The van der Waals surface area contributed by atoms with E-state index in [4.69, 9.17) is 5.26 Å². The van der Waals surface area contributed by atoms with Crippen molar-refractivity contribution in [3.8, 4) is 6.07 Å². The summed E-state index contributed by atoms with van der Waals surface area (Å²) in [6, 6.07) is 10.7. The van der Waals surface area contributed by atoms with E-state index >= 15 is 0 Å². The van der Waals surface area contributed by atoms with Crippen molar-refractivity contribution in [3.05, 3.63) is 65.2 Å². The second-order valence-electron chi connectivity index (χ2n) is 5.45. The Kier molecular flexibility index (Phi) is 5.61. The molecule has 0 heterocycles. The van der Waals surface area contributed by atoms with Gasteiger partial charge >= 0.3 is 0 Å². The molecule has 0 aliphatic rings. The molecule has 0 aromatic heterocycles. The summed E-state index contributed by atoms with van der Waals surface area (Å²) >= 11 is 0. The van der Waals surface area contributed by atoms with E-state index in [2.05, 4.69) is 10.6 Å². The highest BCUT2D eigenvalue weighted by atomic mass is 19.1. The molecule has 0 radical (unpaired) electrons. The van der Waals surface area contributed by atoms with Crippen LogP contribution in [0.2, 0.25) is 0 Å². The third-order valence-electron chi connectivity index (χ3n) is 3.60. The first-order chi connectivity index (χ1) is 11.4. The van der Waals surface area contributed by atoms with Crippen molar-refractivity contribution in [1.82, 2.24) is 5.32 Å². The molecule has 2 atom stereocenters. The fourth-order valence-electron chi connectivity index (χ4n) is 2.27. The average molecular weight is 329 g/mol. The van der Waals surface area contributed by atoms with Gasteiger partial charge in [0.1, 0.15) is 11.6 Å². The molecule has 124 valence electrons. The van der Waals surface area contributed by atoms with Gasteiger partial charge in [0.05, 0.1) is 17.7 Å². The minimum Gasteiger partial charge on any atom is -0.325 e. The van der Waals surface area contributed by atoms with E-state index in [1.165, 1.54) is 12.1 Å². The van der Waals surface area contributed by atoms with Crippen LogP contribution < -0.4 is 10.6 Å². The Morgan fingerprint density at radius 3 is 2.38 bits per heavy atom. The zero-order chi connectivity index (χ0) is 17.7. The van der Waals surface area contributed by atoms with Gasteiger partial charge in [-0.05, 0) is 44.2 Å². The number of carbonyl (C=O) groups is 1. The first kappa shape index (κ1) is 17.6. The maximum absolute atomic E-state index is 13.8. The van der Waals surface area contributed by atoms with Gasteiger partial charge in [-0.2, -0.15) is 5.26 Å². The molecule has 2 N–H and O–H groups in total. The first-order valence-corrected chi connectivity index (χ1v) is 7.42. The van der Waals surface area contributed by atoms with Crippen molar-refractivity contribution < 1.29 is 13.6 Å². The second kappa shape index (κ2) is 7.66. The summed E-state index contributed by atoms with van der Waals surface area (Å²) in [5.74, 6) is -1.60. The van der Waals surface area contributed by atoms with Crippen LogP contribution in [0.3, 0.4) is 0 Å². The van der Waals surface area contributed by atoms with Crippen LogP contribution in [-0.2, 0) is 4.79 Å². The number of anilines is 1. The SMILES string of the molecule is C[C@H](N[C@@H](C)c1ccc(F)cc1F)C(=O)Nc1ccc(C#N)cc1. The molecule has 0 aliphatic carbocycles. The maximum atomic E-state index is 13.8. The third-order valence-corrected chi connectivity index (χ3v) is 3.60. The Bertz CT molecular complexity index is 769. The lowest BCUT2D eigenvalue weighted by Gasteiger charge is -2.20. The van der Waals surface area contributed by atoms with Crippen LogP contribution in [0.1, 0.15) is 31.0 Å². The molecule has 0 saturated heterocycles. The molecule has 2 aromatic carbocycles. The Morgan fingerprint density at radius 1 is 1.12 bits per heavy atom. The monoisotopic (exact) mass is 329 g/mol. The summed E-state index contributed by atoms with van der Waals surface area (Å²) in [5.41, 5.74) is 1.35. The van der Waals surface area contributed by atoms with E-state index in [-0.39, 0.29) is 11.5 Å². The molecule has 6 heteroatoms. The lowest BCUT2D eigenvalue weighted by atomic mass is 10.1. The lowest BCUT2D eigenvalue weighted by molar-refractivity contribution is -0.117. The van der Waals surface area contributed by atoms with Gasteiger partial charge in [-0.3, -0.25) is 10.1 Å². The summed E-state index contributed by atoms with van der Waals surface area (Å²) in [5, 5.41) is 14.4. The summed E-state index contributed by atoms with van der Waals surface area (Å²) in [6.45, 7) is 3.35. The minimum atomic E-state index is -0.658. The van der Waals surface area contributed by atoms with E-state index in [0.717, 1.165) is 6.07 Å². The van der Waals surface area contributed by atoms with E-state index in [9.17, 15) is 13.6 Å². The van der Waals surface area contributed by atoms with E-state index < -0.39 is 23.7 Å². The molecule has 2 aromatic rings. The van der Waals surface area contributed by atoms with Gasteiger partial charge in [-0.1, -0.05) is 6.07 Å². The fraction of sp³-hybridized carbons (Fsp3) is 0.222. The van der Waals surface area contributed by atoms with Gasteiger partial charge in [0, 0.05) is 23.4 Å². The number of nitrogens with zero attached hydrogens (tertiary/aromatic N) is 1. The maximum Gasteiger partial charge on any atom is 0.241 e. The zero-order valence-electron chi connectivity index (χ0n) is 13.3. The highest BCUT2D eigenvalue weighted by molar-refractivity contribution is 5.94. The summed E-state index contributed by atoms with van der Waals surface area (Å²) in [6.07, 6.45) is 0. The van der Waals surface area contributed by atoms with Gasteiger partial charge in [-0.25, -0.2) is 8.78 Å². The lowest BCUT2D eigenvalue weighted by Crippen LogP contribution is -2.39. The largest absolute Gasteiger partial charge is 0.325 e. The van der Waals surface area contributed by atoms with Crippen molar-refractivity contribution in [2.24, 2.45) is 0 Å². The number of hydrogen-bond donors (Lipinski definition) is 2. The number of rotatable bonds is 5. The molecule has 0 unspecified atom stereocenters. The molecule has 0 saturated carbocycles. The van der Waals surface area contributed by atoms with E-state index in [0.29, 0.717) is 11.3 Å². The quantitative estimate of drug-likeness (QED) is 0.882. The summed E-state index contributed by atoms with van der Waals surface area (Å²) in [7, 11) is 0. The van der Waals surface area contributed by atoms with Crippen LogP contribution in [0.4, 0.5) is 14.5 Å². The molecule has 1 amide bonds. The number of amides is 1. The van der Waals surface area contributed by atoms with Crippen molar-refractivity contribution in [1.29, 1.82) is 5.26 Å². The van der Waals surface area contributed by atoms with Crippen LogP contribution >= 0.6 is 0 Å². The molecule has 0 aliphatic heterocycles. The zero-order valence-corrected chi connectivity index (χ0v) is 13.3. The van der Waals surface area contributed by atoms with Crippen LogP contribution in [0.25, 0.3) is 0 Å². The topological polar surface area (TPSA) is 64.9 Å². The number of nitriles is 1. The average Bonchev–Trinajstić information content (AvgIpc) is 2.55. The Morgan fingerprint density at radius 2 is 1.79 bits per heavy atom. The number of hydrogen-bond acceptors (Lipinski definition) is 3. The second-order valence-corrected chi connectivity index (χ2v) is 5.45. The Labute approximate surface area is 139 Å². The highest BCUT2D eigenvalue weighted by Crippen LogP contribution is 2.18. The van der Waals surface area contributed by atoms with Crippen LogP contribution in [-0.4, -0.2) is 11.9 Å². The molecule has 0 bridgehead atoms. The molecule has 0 spiro atoms. The van der Waals surface area contributed by atoms with Crippen molar-refractivity contribution >= 4 is 11.6 Å². The minimum absolute atomic E-state index is 0.287. The van der Waals surface area contributed by atoms with Crippen LogP contribution in [0.5, 0.6) is 0 Å². The van der Waals surface area contributed by atoms with Crippen molar-refractivity contribution in [3.63, 3.8) is 0 Å². The third kappa shape index (κ3) is 4.37. The van der Waals surface area contributed by atoms with Crippen LogP contribution in [0, 0.1) is 23.0 Å². The fourth-order valence-corrected chi connectivity index (χ4v) is 2.27. The van der Waals surface area contributed by atoms with Crippen LogP contribution in [0.15, 0.2) is 42.5 Å². The van der Waals surface area contributed by atoms with E-state index in [1.807, 2.05) is 6.07 Å². The van der Waals surface area contributed by atoms with Gasteiger partial charge in [0.2, 0.25) is 5.91 Å². The molecule has 0 fully saturated rings. The van der Waals surface area contributed by atoms with Gasteiger partial charge in [-0.15, -0.1) is 0 Å². The smallest absolute Gasteiger partial charge is 0.241 e. The van der Waals surface area contributed by atoms with E-state index in [1.54, 1.807) is 38.1 Å². The first-order valence-electron chi connectivity index (χ1n) is 7.42. The van der Waals surface area contributed by atoms with Gasteiger partial charge in [0.25, 0.3) is 0 Å². The Hall–Kier alpha value is -2.78. The summed E-state index contributed by atoms with van der Waals surface area (Å²) < 4.78 is 26.7. The molecule has 24 heavy (non-hydrogen) atoms. The molecule has 4 nitrogen and oxygen atoms in total. The van der Waals surface area contributed by atoms with Crippen molar-refractivity contribution in [2.45, 2.75) is 25.9 Å². The Balaban J connectivity index is 1.98. The number of nitrogens with one attached hydrogen (secondary N) is 2. The number of benzene rings is 2. The number of halogens is 2. The molecular weight excluding hydrogens is 312 g/mol. The summed E-state index contributed by atoms with van der Waals surface area (Å²) in [4.78, 5) is 12.2. The van der Waals surface area contributed by atoms with Gasteiger partial charge in [0.15, 0.2) is 0 Å². The predicted octanol–water partition coefficient (Wildman–Crippen LogP) is 3.51. The number of carbonyl (C=O) groups excluding carboxylic acids is 1. The standard InChI is InChI=1S/C18H17F2N3O/c1-11(16-8-5-14(19)9-17(16)20)22-12(2)18(24)23-15-6-3-13(10-21)4-7-15/h3-9,11-12,22H,1-2H3,(H,23,24)/t11-,12-/m0/s1. The molecular formula is C18H17F2N3O. The normalized spacial score (nSPS) is 13.0. The highest BCUT2D eigenvalue weighted by Gasteiger charge is 2.18. The molecule has 2 rings (SSSR count). The van der Waals surface area contributed by atoms with Gasteiger partial charge < -0.3 is 5.32 Å². The predicted molar refractivity (Wildman–Crippen MR) is 87.2 cm³/mol.